The molecule has 2 aromatic carbocycles. The van der Waals surface area contributed by atoms with Gasteiger partial charge in [0.1, 0.15) is 5.75 Å². The van der Waals surface area contributed by atoms with Crippen molar-refractivity contribution in [2.45, 2.75) is 6.92 Å². The van der Waals surface area contributed by atoms with Crippen LogP contribution in [0.4, 0.5) is 0 Å². The lowest BCUT2D eigenvalue weighted by molar-refractivity contribution is -0.131. The van der Waals surface area contributed by atoms with E-state index in [9.17, 15) is 14.4 Å². The van der Waals surface area contributed by atoms with E-state index in [1.165, 1.54) is 25.1 Å². The van der Waals surface area contributed by atoms with Gasteiger partial charge in [0.15, 0.2) is 5.78 Å². The Balaban J connectivity index is 2.45. The van der Waals surface area contributed by atoms with Crippen LogP contribution < -0.4 is 4.74 Å². The fraction of sp³-hybridized carbons (Fsp3) is 0.0625. The summed E-state index contributed by atoms with van der Waals surface area (Å²) >= 11 is 0. The summed E-state index contributed by atoms with van der Waals surface area (Å²) in [5.74, 6) is -0.598. The predicted octanol–water partition coefficient (Wildman–Crippen LogP) is 2.30. The summed E-state index contributed by atoms with van der Waals surface area (Å²) in [5.41, 5.74) is 0.740. The minimum atomic E-state index is -0.494. The first-order chi connectivity index (χ1) is 9.61. The summed E-state index contributed by atoms with van der Waals surface area (Å²) in [4.78, 5) is 34.2. The highest BCUT2D eigenvalue weighted by atomic mass is 16.5. The van der Waals surface area contributed by atoms with Crippen LogP contribution in [-0.2, 0) is 9.59 Å². The Morgan fingerprint density at radius 2 is 1.75 bits per heavy atom. The third kappa shape index (κ3) is 2.98. The molecule has 4 heteroatoms. The third-order valence-electron chi connectivity index (χ3n) is 2.64. The number of hydrogen-bond acceptors (Lipinski definition) is 4. The van der Waals surface area contributed by atoms with E-state index in [1.54, 1.807) is 36.6 Å². The number of ketones is 1. The van der Waals surface area contributed by atoms with Crippen molar-refractivity contribution >= 4 is 18.0 Å². The van der Waals surface area contributed by atoms with Crippen molar-refractivity contribution in [3.8, 4) is 5.75 Å². The predicted molar refractivity (Wildman–Crippen MR) is 72.4 cm³/mol. The number of carbonyl (C=O) groups is 2. The van der Waals surface area contributed by atoms with Crippen LogP contribution >= 0.6 is 0 Å². The van der Waals surface area contributed by atoms with Gasteiger partial charge in [0, 0.05) is 23.6 Å². The monoisotopic (exact) mass is 267 g/mol. The van der Waals surface area contributed by atoms with E-state index >= 15 is 0 Å². The van der Waals surface area contributed by atoms with Crippen molar-refractivity contribution in [1.82, 2.24) is 0 Å². The van der Waals surface area contributed by atoms with Crippen molar-refractivity contribution in [2.24, 2.45) is 0 Å². The smallest absolute Gasteiger partial charge is 0.308 e. The molecule has 99 valence electrons. The van der Waals surface area contributed by atoms with Gasteiger partial charge in [-0.05, 0) is 18.2 Å². The van der Waals surface area contributed by atoms with E-state index in [4.69, 9.17) is 4.74 Å². The van der Waals surface area contributed by atoms with Gasteiger partial charge in [-0.25, -0.2) is 0 Å². The van der Waals surface area contributed by atoms with Gasteiger partial charge in [0.25, 0.3) is 0 Å². The van der Waals surface area contributed by atoms with Crippen molar-refractivity contribution in [1.29, 1.82) is 0 Å². The fourth-order valence-corrected chi connectivity index (χ4v) is 1.77. The van der Waals surface area contributed by atoms with Gasteiger partial charge in [0.2, 0.25) is 6.29 Å². The number of benzene rings is 2. The second-order valence-corrected chi connectivity index (χ2v) is 4.10. The number of hydrogen-bond donors (Lipinski definition) is 0. The Morgan fingerprint density at radius 3 is 2.35 bits per heavy atom. The molecule has 0 saturated heterocycles. The van der Waals surface area contributed by atoms with E-state index < -0.39 is 5.97 Å². The minimum Gasteiger partial charge on any atom is -0.427 e. The Hall–Kier alpha value is -2.75. The molecule has 0 spiro atoms. The summed E-state index contributed by atoms with van der Waals surface area (Å²) in [5, 5.41) is 0. The van der Waals surface area contributed by atoms with Crippen LogP contribution in [0, 0.1) is 0 Å². The van der Waals surface area contributed by atoms with Crippen molar-refractivity contribution in [2.75, 3.05) is 0 Å². The van der Waals surface area contributed by atoms with Crippen LogP contribution in [0.25, 0.3) is 0 Å². The van der Waals surface area contributed by atoms with Gasteiger partial charge < -0.3 is 4.74 Å². The quantitative estimate of drug-likeness (QED) is 0.484. The van der Waals surface area contributed by atoms with E-state index in [0.29, 0.717) is 5.56 Å². The summed E-state index contributed by atoms with van der Waals surface area (Å²) in [7, 11) is 0. The molecular formula is C16H11O4. The van der Waals surface area contributed by atoms with E-state index in [-0.39, 0.29) is 22.7 Å². The zero-order valence-corrected chi connectivity index (χ0v) is 10.8. The number of carbonyl (C=O) groups excluding carboxylic acids is 3. The van der Waals surface area contributed by atoms with E-state index in [1.807, 2.05) is 0 Å². The standard InChI is InChI=1S/C16H11O4/c1-11(18)20-14-8-7-13(10-17)15(9-14)16(19)12-5-3-2-4-6-12/h2-9H,1H3. The molecule has 4 nitrogen and oxygen atoms in total. The summed E-state index contributed by atoms with van der Waals surface area (Å²) < 4.78 is 4.92. The zero-order valence-electron chi connectivity index (χ0n) is 10.8. The van der Waals surface area contributed by atoms with Crippen molar-refractivity contribution < 1.29 is 19.1 Å². The molecule has 0 bridgehead atoms. The largest absolute Gasteiger partial charge is 0.427 e. The molecule has 20 heavy (non-hydrogen) atoms. The van der Waals surface area contributed by atoms with Crippen molar-refractivity contribution in [3.63, 3.8) is 0 Å². The number of esters is 1. The van der Waals surface area contributed by atoms with Gasteiger partial charge in [-0.1, -0.05) is 30.3 Å². The molecule has 0 unspecified atom stereocenters. The molecular weight excluding hydrogens is 256 g/mol. The van der Waals surface area contributed by atoms with Crippen LogP contribution in [0.2, 0.25) is 0 Å². The Labute approximate surface area is 116 Å². The lowest BCUT2D eigenvalue weighted by Crippen LogP contribution is -2.07. The zero-order chi connectivity index (χ0) is 14.5. The van der Waals surface area contributed by atoms with Gasteiger partial charge >= 0.3 is 5.97 Å². The molecule has 0 aliphatic rings. The second-order valence-electron chi connectivity index (χ2n) is 4.10. The maximum Gasteiger partial charge on any atom is 0.308 e. The minimum absolute atomic E-state index is 0.134. The maximum atomic E-state index is 12.3. The first kappa shape index (κ1) is 13.7. The van der Waals surface area contributed by atoms with Gasteiger partial charge in [-0.3, -0.25) is 14.4 Å². The van der Waals surface area contributed by atoms with Gasteiger partial charge in [-0.15, -0.1) is 0 Å². The van der Waals surface area contributed by atoms with E-state index in [2.05, 4.69) is 0 Å². The highest BCUT2D eigenvalue weighted by Crippen LogP contribution is 2.20. The molecule has 2 rings (SSSR count). The molecule has 0 atom stereocenters. The molecule has 2 aromatic rings. The molecule has 0 N–H and O–H groups in total. The maximum absolute atomic E-state index is 12.3. The first-order valence-corrected chi connectivity index (χ1v) is 5.92. The average Bonchev–Trinajstić information content (AvgIpc) is 2.46. The van der Waals surface area contributed by atoms with Crippen LogP contribution in [0.1, 0.15) is 28.4 Å². The topological polar surface area (TPSA) is 60.4 Å². The first-order valence-electron chi connectivity index (χ1n) is 5.92. The van der Waals surface area contributed by atoms with Gasteiger partial charge in [-0.2, -0.15) is 0 Å². The molecule has 0 saturated carbocycles. The molecule has 0 aromatic heterocycles. The van der Waals surface area contributed by atoms with Crippen LogP contribution in [0.5, 0.6) is 5.75 Å². The summed E-state index contributed by atoms with van der Waals surface area (Å²) in [6.45, 7) is 1.26. The van der Waals surface area contributed by atoms with Gasteiger partial charge in [0.05, 0.1) is 0 Å². The third-order valence-corrected chi connectivity index (χ3v) is 2.64. The molecule has 0 aliphatic carbocycles. The van der Waals surface area contributed by atoms with E-state index in [0.717, 1.165) is 0 Å². The Morgan fingerprint density at radius 1 is 1.05 bits per heavy atom. The summed E-state index contributed by atoms with van der Waals surface area (Å²) in [6, 6.07) is 12.8. The summed E-state index contributed by atoms with van der Waals surface area (Å²) in [6.07, 6.45) is 1.72. The second kappa shape index (κ2) is 5.93. The molecule has 0 amide bonds. The lowest BCUT2D eigenvalue weighted by atomic mass is 9.99. The van der Waals surface area contributed by atoms with Crippen LogP contribution in [0.3, 0.4) is 0 Å². The van der Waals surface area contributed by atoms with Crippen LogP contribution in [0.15, 0.2) is 48.5 Å². The highest BCUT2D eigenvalue weighted by molar-refractivity contribution is 6.13. The number of rotatable bonds is 4. The Kier molecular flexibility index (Phi) is 4.05. The average molecular weight is 267 g/mol. The molecule has 0 fully saturated rings. The fourth-order valence-electron chi connectivity index (χ4n) is 1.77. The Bertz CT molecular complexity index is 659. The van der Waals surface area contributed by atoms with Crippen molar-refractivity contribution in [3.05, 3.63) is 65.2 Å². The molecule has 1 radical (unpaired) electrons. The SMILES string of the molecule is CC(=O)Oc1ccc([C]=O)c(C(=O)c2ccccc2)c1. The molecule has 0 aliphatic heterocycles. The normalized spacial score (nSPS) is 9.85. The number of ether oxygens (including phenoxy) is 1. The lowest BCUT2D eigenvalue weighted by Gasteiger charge is -2.07. The molecule has 0 heterocycles. The highest BCUT2D eigenvalue weighted by Gasteiger charge is 2.15. The van der Waals surface area contributed by atoms with Crippen LogP contribution in [-0.4, -0.2) is 18.0 Å².